The molecule has 16 heteroatoms. The van der Waals surface area contributed by atoms with Gasteiger partial charge in [0.1, 0.15) is 30.7 Å². The fourth-order valence-corrected chi connectivity index (χ4v) is 6.16. The van der Waals surface area contributed by atoms with Crippen LogP contribution in [0.3, 0.4) is 0 Å². The van der Waals surface area contributed by atoms with Crippen molar-refractivity contribution in [3.63, 3.8) is 0 Å². The van der Waals surface area contributed by atoms with Crippen LogP contribution in [0.25, 0.3) is 0 Å². The molecule has 0 saturated heterocycles. The molecule has 6 amide bonds. The normalized spacial score (nSPS) is 13.8. The van der Waals surface area contributed by atoms with E-state index in [0.717, 1.165) is 11.1 Å². The summed E-state index contributed by atoms with van der Waals surface area (Å²) in [6.45, 7) is -0.0824. The van der Waals surface area contributed by atoms with Crippen molar-refractivity contribution < 1.29 is 43.8 Å². The fraction of sp³-hybridized carbons (Fsp3) is 0.295. The highest BCUT2D eigenvalue weighted by molar-refractivity contribution is 5.96. The lowest BCUT2D eigenvalue weighted by atomic mass is 10.0. The Kier molecular flexibility index (Phi) is 17.9. The van der Waals surface area contributed by atoms with Crippen molar-refractivity contribution in [3.8, 4) is 0 Å². The van der Waals surface area contributed by atoms with Crippen molar-refractivity contribution in [3.05, 3.63) is 144 Å². The monoisotopic (exact) mass is 821 g/mol. The van der Waals surface area contributed by atoms with Crippen LogP contribution in [0.2, 0.25) is 0 Å². The first kappa shape index (κ1) is 45.8. The zero-order valence-corrected chi connectivity index (χ0v) is 33.1. The van der Waals surface area contributed by atoms with E-state index in [1.807, 2.05) is 30.3 Å². The van der Waals surface area contributed by atoms with E-state index in [0.29, 0.717) is 11.1 Å². The van der Waals surface area contributed by atoms with Gasteiger partial charge in [0, 0.05) is 19.3 Å². The maximum absolute atomic E-state index is 13.9. The van der Waals surface area contributed by atoms with E-state index < -0.39 is 90.8 Å². The maximum atomic E-state index is 13.9. The summed E-state index contributed by atoms with van der Waals surface area (Å²) < 4.78 is 0. The zero-order chi connectivity index (χ0) is 43.4. The van der Waals surface area contributed by atoms with Crippen LogP contribution in [-0.2, 0) is 59.2 Å². The molecule has 16 nitrogen and oxygen atoms in total. The third-order valence-electron chi connectivity index (χ3n) is 9.30. The van der Waals surface area contributed by atoms with Crippen LogP contribution in [0, 0.1) is 0 Å². The number of aliphatic hydroxyl groups is 1. The Hall–Kier alpha value is -6.91. The minimum atomic E-state index is -1.60. The number of aliphatic carboxylic acids is 1. The predicted molar refractivity (Wildman–Crippen MR) is 222 cm³/mol. The summed E-state index contributed by atoms with van der Waals surface area (Å²) in [5.74, 6) is -5.94. The molecular weight excluding hydrogens is 771 g/mol. The summed E-state index contributed by atoms with van der Waals surface area (Å²) in [5.41, 5.74) is 9.04. The molecule has 60 heavy (non-hydrogen) atoms. The maximum Gasteiger partial charge on any atom is 0.322 e. The molecule has 10 N–H and O–H groups in total. The molecule has 0 aromatic heterocycles. The zero-order valence-electron chi connectivity index (χ0n) is 33.1. The van der Waals surface area contributed by atoms with Crippen molar-refractivity contribution in [2.45, 2.75) is 68.9 Å². The Morgan fingerprint density at radius 2 is 0.833 bits per heavy atom. The smallest absolute Gasteiger partial charge is 0.322 e. The lowest BCUT2D eigenvalue weighted by Gasteiger charge is -2.26. The second-order valence-electron chi connectivity index (χ2n) is 14.2. The molecule has 0 aliphatic rings. The first-order chi connectivity index (χ1) is 28.8. The Bertz CT molecular complexity index is 2040. The minimum absolute atomic E-state index is 0.00150. The molecule has 0 saturated carbocycles. The second-order valence-corrected chi connectivity index (χ2v) is 14.2. The van der Waals surface area contributed by atoms with Crippen LogP contribution < -0.4 is 37.6 Å². The van der Waals surface area contributed by atoms with E-state index in [1.165, 1.54) is 6.92 Å². The first-order valence-corrected chi connectivity index (χ1v) is 19.4. The molecule has 0 fully saturated rings. The van der Waals surface area contributed by atoms with Gasteiger partial charge in [-0.05, 0) is 35.6 Å². The SMILES string of the molecule is C[C@@H](O)[C@H](NC(=O)CNC(=O)[C@H](Cc1ccccc1)NC(=O)[C@@H](N)Cc1ccccc1)C(=O)N[C@@H](Cc1ccccc1)C(=O)N[C@@H](Cc1ccccc1)C(=O)NCC(=O)O. The quantitative estimate of drug-likeness (QED) is 0.0510. The molecule has 4 rings (SSSR count). The second kappa shape index (κ2) is 23.5. The number of carbonyl (C=O) groups excluding carboxylic acids is 6. The fourth-order valence-electron chi connectivity index (χ4n) is 6.16. The van der Waals surface area contributed by atoms with Gasteiger partial charge in [0.05, 0.1) is 18.7 Å². The van der Waals surface area contributed by atoms with Gasteiger partial charge in [0.25, 0.3) is 0 Å². The van der Waals surface area contributed by atoms with Gasteiger partial charge in [-0.3, -0.25) is 33.6 Å². The van der Waals surface area contributed by atoms with Gasteiger partial charge in [-0.15, -0.1) is 0 Å². The Labute approximate surface area is 347 Å². The van der Waals surface area contributed by atoms with E-state index >= 15 is 0 Å². The van der Waals surface area contributed by atoms with Crippen molar-refractivity contribution in [2.24, 2.45) is 5.73 Å². The highest BCUT2D eigenvalue weighted by atomic mass is 16.4. The number of carbonyl (C=O) groups is 7. The lowest BCUT2D eigenvalue weighted by molar-refractivity contribution is -0.138. The van der Waals surface area contributed by atoms with E-state index in [-0.39, 0.29) is 25.7 Å². The topological polar surface area (TPSA) is 258 Å². The van der Waals surface area contributed by atoms with Crippen molar-refractivity contribution >= 4 is 41.4 Å². The number of nitrogens with one attached hydrogen (secondary N) is 6. The van der Waals surface area contributed by atoms with Gasteiger partial charge in [-0.25, -0.2) is 0 Å². The van der Waals surface area contributed by atoms with Crippen LogP contribution in [0.4, 0.5) is 0 Å². The molecule has 0 radical (unpaired) electrons. The highest BCUT2D eigenvalue weighted by Gasteiger charge is 2.33. The van der Waals surface area contributed by atoms with Crippen LogP contribution in [-0.4, -0.2) is 101 Å². The summed E-state index contributed by atoms with van der Waals surface area (Å²) >= 11 is 0. The van der Waals surface area contributed by atoms with Crippen molar-refractivity contribution in [1.29, 1.82) is 0 Å². The molecule has 0 bridgehead atoms. The number of aliphatic hydroxyl groups excluding tert-OH is 1. The van der Waals surface area contributed by atoms with E-state index in [1.54, 1.807) is 91.0 Å². The number of benzene rings is 4. The van der Waals surface area contributed by atoms with Crippen LogP contribution in [0.15, 0.2) is 121 Å². The van der Waals surface area contributed by atoms with Crippen molar-refractivity contribution in [1.82, 2.24) is 31.9 Å². The molecule has 316 valence electrons. The average Bonchev–Trinajstić information content (AvgIpc) is 3.24. The Balaban J connectivity index is 1.44. The van der Waals surface area contributed by atoms with E-state index in [9.17, 15) is 38.7 Å². The molecule has 0 unspecified atom stereocenters. The number of rotatable bonds is 22. The number of carboxylic acids is 1. The molecule has 0 aliphatic carbocycles. The number of amides is 6. The molecule has 6 atom stereocenters. The molecule has 0 aliphatic heterocycles. The average molecular weight is 822 g/mol. The lowest BCUT2D eigenvalue weighted by Crippen LogP contribution is -2.60. The molecule has 4 aromatic carbocycles. The van der Waals surface area contributed by atoms with Gasteiger partial charge < -0.3 is 47.8 Å². The summed E-state index contributed by atoms with van der Waals surface area (Å²) in [5, 5.41) is 34.8. The largest absolute Gasteiger partial charge is 0.480 e. The summed E-state index contributed by atoms with van der Waals surface area (Å²) in [7, 11) is 0. The predicted octanol–water partition coefficient (Wildman–Crippen LogP) is -0.0785. The van der Waals surface area contributed by atoms with Gasteiger partial charge in [-0.2, -0.15) is 0 Å². The van der Waals surface area contributed by atoms with Gasteiger partial charge in [0.2, 0.25) is 35.4 Å². The van der Waals surface area contributed by atoms with Crippen LogP contribution >= 0.6 is 0 Å². The van der Waals surface area contributed by atoms with Crippen LogP contribution in [0.1, 0.15) is 29.2 Å². The third kappa shape index (κ3) is 15.4. The summed E-state index contributed by atoms with van der Waals surface area (Å²) in [6.07, 6.45) is -1.24. The number of carboxylic acid groups (broad SMARTS) is 1. The molecule has 0 spiro atoms. The highest BCUT2D eigenvalue weighted by Crippen LogP contribution is 2.09. The summed E-state index contributed by atoms with van der Waals surface area (Å²) in [4.78, 5) is 91.7. The van der Waals surface area contributed by atoms with Gasteiger partial charge in [0.15, 0.2) is 0 Å². The molecule has 0 heterocycles. The minimum Gasteiger partial charge on any atom is -0.480 e. The van der Waals surface area contributed by atoms with Crippen molar-refractivity contribution in [2.75, 3.05) is 13.1 Å². The Morgan fingerprint density at radius 3 is 1.23 bits per heavy atom. The third-order valence-corrected chi connectivity index (χ3v) is 9.30. The van der Waals surface area contributed by atoms with Crippen LogP contribution in [0.5, 0.6) is 0 Å². The van der Waals surface area contributed by atoms with E-state index in [2.05, 4.69) is 31.9 Å². The van der Waals surface area contributed by atoms with Gasteiger partial charge in [-0.1, -0.05) is 121 Å². The number of hydrogen-bond donors (Lipinski definition) is 9. The standard InChI is InChI=1S/C44H51N7O9/c1-28(52)39(51-37(53)26-46-41(57)34(23-30-16-8-3-9-17-30)48-40(56)33(45)22-29-14-6-2-7-15-29)44(60)50-36(25-32-20-12-5-13-21-32)43(59)49-35(42(58)47-27-38(54)55)24-31-18-10-4-11-19-31/h2-21,28,33-36,39,52H,22-27,45H2,1H3,(H,46,57)(H,47,58)(H,48,56)(H,49,59)(H,50,60)(H,51,53)(H,54,55)/t28-,33+,34+,35+,36+,39+/m1/s1. The van der Waals surface area contributed by atoms with Gasteiger partial charge >= 0.3 is 5.97 Å². The van der Waals surface area contributed by atoms with E-state index in [4.69, 9.17) is 10.8 Å². The Morgan fingerprint density at radius 1 is 0.483 bits per heavy atom. The molecule has 4 aromatic rings. The first-order valence-electron chi connectivity index (χ1n) is 19.4. The summed E-state index contributed by atoms with van der Waals surface area (Å²) in [6, 6.07) is 29.1. The number of nitrogens with two attached hydrogens (primary N) is 1. The number of hydrogen-bond acceptors (Lipinski definition) is 9. The molecular formula is C44H51N7O9.